The minimum Gasteiger partial charge on any atom is -0.393 e. The summed E-state index contributed by atoms with van der Waals surface area (Å²) in [5.74, 6) is 0. The average Bonchev–Trinajstić information content (AvgIpc) is 2.58. The Balaban J connectivity index is 2.35. The summed E-state index contributed by atoms with van der Waals surface area (Å²) >= 11 is 0. The fraction of sp³-hybridized carbons (Fsp3) is 0.286. The third-order valence-corrected chi connectivity index (χ3v) is 1.49. The maximum atomic E-state index is 8.53. The van der Waals surface area contributed by atoms with Gasteiger partial charge in [-0.2, -0.15) is 0 Å². The lowest BCUT2D eigenvalue weighted by Crippen LogP contribution is -2.17. The van der Waals surface area contributed by atoms with Crippen LogP contribution in [0.3, 0.4) is 0 Å². The van der Waals surface area contributed by atoms with E-state index in [1.165, 1.54) is 4.85 Å². The molecule has 2 rings (SSSR count). The molecular weight excluding hydrogens is 172 g/mol. The lowest BCUT2D eigenvalue weighted by Gasteiger charge is -2.00. The third kappa shape index (κ3) is 1.43. The number of aliphatic hydroxyl groups excluding tert-OH is 1. The molecule has 6 heteroatoms. The van der Waals surface area contributed by atoms with E-state index in [1.54, 1.807) is 18.3 Å². The van der Waals surface area contributed by atoms with E-state index in [2.05, 4.69) is 15.3 Å². The number of rotatable bonds is 3. The quantitative estimate of drug-likeness (QED) is 0.672. The van der Waals surface area contributed by atoms with Crippen LogP contribution in [-0.4, -0.2) is 38.5 Å². The van der Waals surface area contributed by atoms with E-state index in [0.29, 0.717) is 11.2 Å². The van der Waals surface area contributed by atoms with Crippen molar-refractivity contribution in [2.24, 2.45) is 0 Å². The second-order valence-electron chi connectivity index (χ2n) is 2.37. The fourth-order valence-electron chi connectivity index (χ4n) is 0.959. The van der Waals surface area contributed by atoms with Gasteiger partial charge in [0.25, 0.3) is 0 Å². The van der Waals surface area contributed by atoms with Crippen LogP contribution in [0.2, 0.25) is 0 Å². The average molecular weight is 180 g/mol. The van der Waals surface area contributed by atoms with Gasteiger partial charge >= 0.3 is 0 Å². The molecule has 0 radical (unpaired) electrons. The van der Waals surface area contributed by atoms with Crippen LogP contribution in [0.5, 0.6) is 0 Å². The minimum absolute atomic E-state index is 0.0613. The van der Waals surface area contributed by atoms with Crippen LogP contribution in [0.25, 0.3) is 11.2 Å². The maximum Gasteiger partial charge on any atom is 0.219 e. The highest BCUT2D eigenvalue weighted by Crippen LogP contribution is 2.03. The Hall–Kier alpha value is -1.69. The van der Waals surface area contributed by atoms with Gasteiger partial charge in [0.1, 0.15) is 12.1 Å². The second kappa shape index (κ2) is 3.36. The molecule has 0 fully saturated rings. The highest BCUT2D eigenvalue weighted by atomic mass is 16.7. The Morgan fingerprint density at radius 3 is 3.31 bits per heavy atom. The molecule has 68 valence electrons. The summed E-state index contributed by atoms with van der Waals surface area (Å²) < 4.78 is 0. The highest BCUT2D eigenvalue weighted by molar-refractivity contribution is 5.68. The minimum atomic E-state index is -0.0613. The van der Waals surface area contributed by atoms with Crippen LogP contribution in [0.4, 0.5) is 0 Å². The van der Waals surface area contributed by atoms with Crippen molar-refractivity contribution in [2.75, 3.05) is 13.2 Å². The monoisotopic (exact) mass is 180 g/mol. The molecule has 0 amide bonds. The largest absolute Gasteiger partial charge is 0.393 e. The van der Waals surface area contributed by atoms with E-state index in [1.807, 2.05) is 0 Å². The van der Waals surface area contributed by atoms with E-state index in [4.69, 9.17) is 9.94 Å². The SMILES string of the molecule is OCCOn1nnc2cccnc21. The van der Waals surface area contributed by atoms with Crippen molar-refractivity contribution in [2.45, 2.75) is 0 Å². The number of hydrogen-bond donors (Lipinski definition) is 1. The Morgan fingerprint density at radius 1 is 1.54 bits per heavy atom. The Bertz CT molecular complexity index is 400. The molecule has 1 N–H and O–H groups in total. The Kier molecular flexibility index (Phi) is 2.05. The molecule has 2 heterocycles. The molecule has 2 aromatic heterocycles. The molecule has 0 bridgehead atoms. The maximum absolute atomic E-state index is 8.53. The molecule has 0 aliphatic heterocycles. The van der Waals surface area contributed by atoms with Crippen molar-refractivity contribution in [3.8, 4) is 0 Å². The summed E-state index contributed by atoms with van der Waals surface area (Å²) in [6, 6.07) is 3.56. The first-order chi connectivity index (χ1) is 6.42. The number of aliphatic hydroxyl groups is 1. The van der Waals surface area contributed by atoms with Gasteiger partial charge in [-0.1, -0.05) is 4.85 Å². The van der Waals surface area contributed by atoms with E-state index in [-0.39, 0.29) is 13.2 Å². The molecule has 0 aliphatic rings. The molecule has 0 aliphatic carbocycles. The first kappa shape index (κ1) is 7.93. The van der Waals surface area contributed by atoms with Gasteiger partial charge in [0.05, 0.1) is 6.61 Å². The van der Waals surface area contributed by atoms with Crippen molar-refractivity contribution in [1.82, 2.24) is 20.1 Å². The summed E-state index contributed by atoms with van der Waals surface area (Å²) in [5.41, 5.74) is 1.22. The third-order valence-electron chi connectivity index (χ3n) is 1.49. The van der Waals surface area contributed by atoms with Crippen molar-refractivity contribution in [3.05, 3.63) is 18.3 Å². The second-order valence-corrected chi connectivity index (χ2v) is 2.37. The highest BCUT2D eigenvalue weighted by Gasteiger charge is 2.03. The van der Waals surface area contributed by atoms with E-state index >= 15 is 0 Å². The molecule has 2 aromatic rings. The van der Waals surface area contributed by atoms with Gasteiger partial charge in [0, 0.05) is 6.20 Å². The van der Waals surface area contributed by atoms with Crippen molar-refractivity contribution in [3.63, 3.8) is 0 Å². The van der Waals surface area contributed by atoms with Gasteiger partial charge in [-0.15, -0.1) is 5.10 Å². The zero-order chi connectivity index (χ0) is 9.10. The van der Waals surface area contributed by atoms with Crippen LogP contribution in [0.15, 0.2) is 18.3 Å². The fourth-order valence-corrected chi connectivity index (χ4v) is 0.959. The first-order valence-corrected chi connectivity index (χ1v) is 3.82. The van der Waals surface area contributed by atoms with Crippen LogP contribution in [-0.2, 0) is 0 Å². The van der Waals surface area contributed by atoms with Crippen LogP contribution < -0.4 is 4.84 Å². The molecule has 0 atom stereocenters. The smallest absolute Gasteiger partial charge is 0.219 e. The summed E-state index contributed by atoms with van der Waals surface area (Å²) in [5, 5.41) is 16.0. The van der Waals surface area contributed by atoms with Gasteiger partial charge in [0.2, 0.25) is 5.65 Å². The normalized spacial score (nSPS) is 10.5. The predicted molar refractivity (Wildman–Crippen MR) is 43.9 cm³/mol. The Labute approximate surface area is 73.7 Å². The van der Waals surface area contributed by atoms with Crippen LogP contribution in [0, 0.1) is 0 Å². The summed E-state index contributed by atoms with van der Waals surface area (Å²) in [7, 11) is 0. The van der Waals surface area contributed by atoms with Gasteiger partial charge in [-0.25, -0.2) is 4.98 Å². The lowest BCUT2D eigenvalue weighted by atomic mass is 10.4. The lowest BCUT2D eigenvalue weighted by molar-refractivity contribution is 0.0572. The van der Waals surface area contributed by atoms with E-state index in [9.17, 15) is 0 Å². The van der Waals surface area contributed by atoms with Crippen LogP contribution >= 0.6 is 0 Å². The number of nitrogens with zero attached hydrogens (tertiary/aromatic N) is 4. The van der Waals surface area contributed by atoms with E-state index < -0.39 is 0 Å². The summed E-state index contributed by atoms with van der Waals surface area (Å²) in [4.78, 5) is 10.3. The van der Waals surface area contributed by atoms with Crippen molar-refractivity contribution in [1.29, 1.82) is 0 Å². The predicted octanol–water partition coefficient (Wildman–Crippen LogP) is -0.753. The Morgan fingerprint density at radius 2 is 2.46 bits per heavy atom. The van der Waals surface area contributed by atoms with Gasteiger partial charge in [-0.3, -0.25) is 0 Å². The first-order valence-electron chi connectivity index (χ1n) is 3.82. The molecular formula is C7H8N4O2. The number of fused-ring (bicyclic) bond motifs is 1. The van der Waals surface area contributed by atoms with Crippen LogP contribution in [0.1, 0.15) is 0 Å². The topological polar surface area (TPSA) is 73.1 Å². The molecule has 0 saturated heterocycles. The van der Waals surface area contributed by atoms with E-state index in [0.717, 1.165) is 0 Å². The number of pyridine rings is 1. The molecule has 0 spiro atoms. The number of hydrogen-bond acceptors (Lipinski definition) is 5. The van der Waals surface area contributed by atoms with Gasteiger partial charge < -0.3 is 9.94 Å². The summed E-state index contributed by atoms with van der Waals surface area (Å²) in [6.07, 6.45) is 1.63. The zero-order valence-corrected chi connectivity index (χ0v) is 6.79. The molecule has 0 unspecified atom stereocenters. The van der Waals surface area contributed by atoms with Crippen molar-refractivity contribution >= 4 is 11.2 Å². The molecule has 6 nitrogen and oxygen atoms in total. The van der Waals surface area contributed by atoms with Gasteiger partial charge in [0.15, 0.2) is 0 Å². The number of aromatic nitrogens is 4. The zero-order valence-electron chi connectivity index (χ0n) is 6.79. The molecule has 13 heavy (non-hydrogen) atoms. The molecule has 0 aromatic carbocycles. The standard InChI is InChI=1S/C7H8N4O2/c12-4-5-13-11-7-6(9-10-11)2-1-3-8-7/h1-3,12H,4-5H2. The van der Waals surface area contributed by atoms with Gasteiger partial charge in [-0.05, 0) is 17.3 Å². The summed E-state index contributed by atoms with van der Waals surface area (Å²) in [6.45, 7) is 0.114. The van der Waals surface area contributed by atoms with Crippen molar-refractivity contribution < 1.29 is 9.94 Å². The molecule has 0 saturated carbocycles.